The predicted molar refractivity (Wildman–Crippen MR) is 86.0 cm³/mol. The molecule has 0 saturated carbocycles. The largest absolute Gasteiger partial charge is 0.505 e. The highest BCUT2D eigenvalue weighted by Crippen LogP contribution is 2.13. The Balaban J connectivity index is 1.35. The van der Waals surface area contributed by atoms with E-state index in [0.717, 1.165) is 39.3 Å². The molecular formula is C16H23N5O. The number of piperazine rings is 1. The molecule has 6 heteroatoms. The van der Waals surface area contributed by atoms with Crippen molar-refractivity contribution in [3.05, 3.63) is 36.9 Å². The first kappa shape index (κ1) is 14.8. The first-order valence-corrected chi connectivity index (χ1v) is 7.90. The molecule has 0 spiro atoms. The maximum absolute atomic E-state index is 9.23. The molecule has 0 amide bonds. The van der Waals surface area contributed by atoms with Gasteiger partial charge in [0.2, 0.25) is 5.95 Å². The fraction of sp³-hybridized carbons (Fsp3) is 0.500. The SMILES string of the molecule is Oc1cnc(N2CCN(CCCCn3cccc3)CC2)nc1. The topological polar surface area (TPSA) is 57.4 Å². The molecule has 0 bridgehead atoms. The van der Waals surface area contributed by atoms with Crippen molar-refractivity contribution in [3.63, 3.8) is 0 Å². The molecule has 0 radical (unpaired) electrons. The fourth-order valence-electron chi connectivity index (χ4n) is 2.80. The summed E-state index contributed by atoms with van der Waals surface area (Å²) in [7, 11) is 0. The molecule has 3 rings (SSSR count). The summed E-state index contributed by atoms with van der Waals surface area (Å²) in [5.41, 5.74) is 0. The van der Waals surface area contributed by atoms with E-state index in [1.165, 1.54) is 25.2 Å². The van der Waals surface area contributed by atoms with Crippen LogP contribution in [0.25, 0.3) is 0 Å². The number of aromatic nitrogens is 3. The molecule has 118 valence electrons. The van der Waals surface area contributed by atoms with Gasteiger partial charge in [0.15, 0.2) is 5.75 Å². The second-order valence-electron chi connectivity index (χ2n) is 5.70. The van der Waals surface area contributed by atoms with Gasteiger partial charge in [-0.2, -0.15) is 0 Å². The Hall–Kier alpha value is -2.08. The average molecular weight is 301 g/mol. The van der Waals surface area contributed by atoms with E-state index in [-0.39, 0.29) is 5.75 Å². The van der Waals surface area contributed by atoms with E-state index in [1.54, 1.807) is 0 Å². The Morgan fingerprint density at radius 1 is 0.909 bits per heavy atom. The zero-order valence-corrected chi connectivity index (χ0v) is 12.8. The van der Waals surface area contributed by atoms with Gasteiger partial charge in [-0.25, -0.2) is 9.97 Å². The maximum atomic E-state index is 9.23. The fourth-order valence-corrected chi connectivity index (χ4v) is 2.80. The minimum atomic E-state index is 0.116. The van der Waals surface area contributed by atoms with Crippen molar-refractivity contribution in [3.8, 4) is 5.75 Å². The number of aryl methyl sites for hydroxylation is 1. The lowest BCUT2D eigenvalue weighted by molar-refractivity contribution is 0.250. The van der Waals surface area contributed by atoms with E-state index in [1.807, 2.05) is 0 Å². The number of nitrogens with zero attached hydrogens (tertiary/aromatic N) is 5. The number of hydrogen-bond donors (Lipinski definition) is 1. The van der Waals surface area contributed by atoms with Crippen molar-refractivity contribution < 1.29 is 5.11 Å². The molecule has 6 nitrogen and oxygen atoms in total. The third-order valence-corrected chi connectivity index (χ3v) is 4.09. The molecule has 1 N–H and O–H groups in total. The van der Waals surface area contributed by atoms with Crippen molar-refractivity contribution in [1.82, 2.24) is 19.4 Å². The van der Waals surface area contributed by atoms with Crippen LogP contribution in [0.4, 0.5) is 5.95 Å². The Bertz CT molecular complexity index is 546. The molecule has 0 aliphatic carbocycles. The summed E-state index contributed by atoms with van der Waals surface area (Å²) in [6.07, 6.45) is 9.60. The minimum Gasteiger partial charge on any atom is -0.505 e. The molecule has 2 aromatic rings. The highest BCUT2D eigenvalue weighted by atomic mass is 16.3. The lowest BCUT2D eigenvalue weighted by Gasteiger charge is -2.34. The van der Waals surface area contributed by atoms with Gasteiger partial charge in [-0.3, -0.25) is 4.90 Å². The number of aromatic hydroxyl groups is 1. The second kappa shape index (κ2) is 7.26. The van der Waals surface area contributed by atoms with E-state index >= 15 is 0 Å². The quantitative estimate of drug-likeness (QED) is 0.821. The van der Waals surface area contributed by atoms with E-state index in [4.69, 9.17) is 0 Å². The van der Waals surface area contributed by atoms with Gasteiger partial charge in [0.05, 0.1) is 12.4 Å². The molecule has 3 heterocycles. The van der Waals surface area contributed by atoms with Crippen LogP contribution < -0.4 is 4.90 Å². The molecule has 2 aromatic heterocycles. The van der Waals surface area contributed by atoms with Crippen LogP contribution in [-0.2, 0) is 6.54 Å². The smallest absolute Gasteiger partial charge is 0.225 e. The normalized spacial score (nSPS) is 16.1. The Morgan fingerprint density at radius 3 is 2.23 bits per heavy atom. The summed E-state index contributed by atoms with van der Waals surface area (Å²) in [4.78, 5) is 13.0. The van der Waals surface area contributed by atoms with Crippen LogP contribution in [0.2, 0.25) is 0 Å². The van der Waals surface area contributed by atoms with Gasteiger partial charge in [0.1, 0.15) is 0 Å². The van der Waals surface area contributed by atoms with Crippen LogP contribution in [0.3, 0.4) is 0 Å². The van der Waals surface area contributed by atoms with Crippen molar-refractivity contribution in [2.45, 2.75) is 19.4 Å². The van der Waals surface area contributed by atoms with Gasteiger partial charge in [0, 0.05) is 45.1 Å². The lowest BCUT2D eigenvalue weighted by atomic mass is 10.2. The average Bonchev–Trinajstić information content (AvgIpc) is 3.06. The standard InChI is InChI=1S/C16H23N5O/c22-15-13-17-16(18-14-15)21-11-9-20(10-12-21)8-4-3-7-19-5-1-2-6-19/h1-2,5-6,13-14,22H,3-4,7-12H2. The van der Waals surface area contributed by atoms with Gasteiger partial charge >= 0.3 is 0 Å². The molecule has 0 atom stereocenters. The molecule has 1 aliphatic heterocycles. The van der Waals surface area contributed by atoms with E-state index in [2.05, 4.69) is 48.9 Å². The number of hydrogen-bond acceptors (Lipinski definition) is 5. The summed E-state index contributed by atoms with van der Waals surface area (Å²) in [6.45, 7) is 6.26. The number of unbranched alkanes of at least 4 members (excludes halogenated alkanes) is 1. The minimum absolute atomic E-state index is 0.116. The van der Waals surface area contributed by atoms with Gasteiger partial charge < -0.3 is 14.6 Å². The molecule has 0 aromatic carbocycles. The number of anilines is 1. The van der Waals surface area contributed by atoms with Gasteiger partial charge in [0.25, 0.3) is 0 Å². The second-order valence-corrected chi connectivity index (χ2v) is 5.70. The summed E-state index contributed by atoms with van der Waals surface area (Å²) < 4.78 is 2.24. The van der Waals surface area contributed by atoms with E-state index in [9.17, 15) is 5.11 Å². The summed E-state index contributed by atoms with van der Waals surface area (Å²) in [5.74, 6) is 0.829. The van der Waals surface area contributed by atoms with Gasteiger partial charge in [-0.15, -0.1) is 0 Å². The monoisotopic (exact) mass is 301 g/mol. The zero-order chi connectivity index (χ0) is 15.2. The number of rotatable bonds is 6. The van der Waals surface area contributed by atoms with Crippen molar-refractivity contribution in [2.24, 2.45) is 0 Å². The Kier molecular flexibility index (Phi) is 4.90. The van der Waals surface area contributed by atoms with E-state index < -0.39 is 0 Å². The molecular weight excluding hydrogens is 278 g/mol. The van der Waals surface area contributed by atoms with E-state index in [0.29, 0.717) is 5.95 Å². The molecule has 0 unspecified atom stereocenters. The Morgan fingerprint density at radius 2 is 1.55 bits per heavy atom. The first-order valence-electron chi connectivity index (χ1n) is 7.90. The summed E-state index contributed by atoms with van der Waals surface area (Å²) in [6, 6.07) is 4.15. The highest BCUT2D eigenvalue weighted by molar-refractivity contribution is 5.31. The zero-order valence-electron chi connectivity index (χ0n) is 12.8. The molecule has 22 heavy (non-hydrogen) atoms. The molecule has 1 saturated heterocycles. The van der Waals surface area contributed by atoms with Crippen molar-refractivity contribution in [1.29, 1.82) is 0 Å². The van der Waals surface area contributed by atoms with Crippen molar-refractivity contribution >= 4 is 5.95 Å². The van der Waals surface area contributed by atoms with Crippen LogP contribution in [0.5, 0.6) is 5.75 Å². The molecule has 1 aliphatic rings. The summed E-state index contributed by atoms with van der Waals surface area (Å²) >= 11 is 0. The molecule has 1 fully saturated rings. The van der Waals surface area contributed by atoms with Crippen LogP contribution in [0.1, 0.15) is 12.8 Å². The van der Waals surface area contributed by atoms with Crippen LogP contribution in [-0.4, -0.2) is 57.3 Å². The van der Waals surface area contributed by atoms with Crippen LogP contribution >= 0.6 is 0 Å². The maximum Gasteiger partial charge on any atom is 0.225 e. The van der Waals surface area contributed by atoms with Crippen LogP contribution in [0.15, 0.2) is 36.9 Å². The van der Waals surface area contributed by atoms with Crippen molar-refractivity contribution in [2.75, 3.05) is 37.6 Å². The predicted octanol–water partition coefficient (Wildman–Crippen LogP) is 1.59. The summed E-state index contributed by atoms with van der Waals surface area (Å²) in [5, 5.41) is 9.23. The first-order chi connectivity index (χ1) is 10.8. The Labute approximate surface area is 131 Å². The third kappa shape index (κ3) is 3.98. The highest BCUT2D eigenvalue weighted by Gasteiger charge is 2.18. The lowest BCUT2D eigenvalue weighted by Crippen LogP contribution is -2.47. The van der Waals surface area contributed by atoms with Gasteiger partial charge in [-0.05, 0) is 31.5 Å². The van der Waals surface area contributed by atoms with Crippen LogP contribution in [0, 0.1) is 0 Å². The van der Waals surface area contributed by atoms with Gasteiger partial charge in [-0.1, -0.05) is 0 Å². The third-order valence-electron chi connectivity index (χ3n) is 4.09.